The van der Waals surface area contributed by atoms with Gasteiger partial charge < -0.3 is 9.47 Å². The van der Waals surface area contributed by atoms with Gasteiger partial charge in [-0.3, -0.25) is 0 Å². The summed E-state index contributed by atoms with van der Waals surface area (Å²) in [7, 11) is 3.49. The normalized spacial score (nSPS) is 15.9. The molecule has 1 rings (SSSR count). The third kappa shape index (κ3) is 8.45. The number of rotatable bonds is 10. The van der Waals surface area contributed by atoms with E-state index in [4.69, 9.17) is 9.47 Å². The van der Waals surface area contributed by atoms with Crippen molar-refractivity contribution in [2.24, 2.45) is 5.92 Å². The molecular weight excluding hydrogens is 332 g/mol. The summed E-state index contributed by atoms with van der Waals surface area (Å²) in [5.41, 5.74) is 5.19. The quantitative estimate of drug-likeness (QED) is 0.338. The number of methoxy groups -OCH3 is 2. The Morgan fingerprint density at radius 3 is 2.52 bits per heavy atom. The Hall–Kier alpha value is -2.06. The highest BCUT2D eigenvalue weighted by Gasteiger charge is 2.15. The standard InChI is InChI=1S/C25H36O2/c1-8-21(4)25(27-7)22(5)17-20(3)12-9-11-19(2)15-16-23-13-10-14-24(18-23)26-6/h8-10,12-15,17-18,22,25H,11,16H2,1-7H3/b12-9+,19-15+,20-17+,21-8+. The molecule has 0 radical (unpaired) electrons. The van der Waals surface area contributed by atoms with E-state index in [0.717, 1.165) is 18.6 Å². The van der Waals surface area contributed by atoms with Crippen LogP contribution >= 0.6 is 0 Å². The van der Waals surface area contributed by atoms with E-state index in [1.807, 2.05) is 12.1 Å². The highest BCUT2D eigenvalue weighted by Crippen LogP contribution is 2.19. The van der Waals surface area contributed by atoms with Crippen molar-refractivity contribution in [1.82, 2.24) is 0 Å². The smallest absolute Gasteiger partial charge is 0.119 e. The van der Waals surface area contributed by atoms with Gasteiger partial charge in [-0.1, -0.05) is 60.6 Å². The molecule has 0 saturated carbocycles. The predicted octanol–water partition coefficient (Wildman–Crippen LogP) is 6.69. The van der Waals surface area contributed by atoms with Crippen molar-refractivity contribution in [2.45, 2.75) is 53.6 Å². The van der Waals surface area contributed by atoms with Crippen molar-refractivity contribution in [2.75, 3.05) is 14.2 Å². The molecule has 1 aromatic rings. The zero-order valence-corrected chi connectivity index (χ0v) is 18.1. The van der Waals surface area contributed by atoms with Crippen LogP contribution in [0.1, 0.15) is 46.6 Å². The van der Waals surface area contributed by atoms with Crippen LogP contribution in [0.25, 0.3) is 0 Å². The first-order valence-corrected chi connectivity index (χ1v) is 9.70. The Morgan fingerprint density at radius 2 is 1.89 bits per heavy atom. The minimum absolute atomic E-state index is 0.142. The second kappa shape index (κ2) is 12.3. The Morgan fingerprint density at radius 1 is 1.15 bits per heavy atom. The topological polar surface area (TPSA) is 18.5 Å². The van der Waals surface area contributed by atoms with Gasteiger partial charge in [0.1, 0.15) is 5.75 Å². The van der Waals surface area contributed by atoms with Crippen LogP contribution in [-0.2, 0) is 11.2 Å². The fourth-order valence-electron chi connectivity index (χ4n) is 3.14. The molecule has 0 aromatic heterocycles. The first-order valence-electron chi connectivity index (χ1n) is 9.70. The summed E-state index contributed by atoms with van der Waals surface area (Å²) in [6.07, 6.45) is 13.2. The van der Waals surface area contributed by atoms with Crippen LogP contribution in [0, 0.1) is 5.92 Å². The minimum Gasteiger partial charge on any atom is -0.497 e. The zero-order valence-electron chi connectivity index (χ0n) is 18.1. The molecule has 0 amide bonds. The van der Waals surface area contributed by atoms with Crippen molar-refractivity contribution in [3.8, 4) is 5.75 Å². The minimum atomic E-state index is 0.142. The van der Waals surface area contributed by atoms with Crippen LogP contribution in [-0.4, -0.2) is 20.3 Å². The molecule has 27 heavy (non-hydrogen) atoms. The molecule has 0 fully saturated rings. The monoisotopic (exact) mass is 368 g/mol. The summed E-state index contributed by atoms with van der Waals surface area (Å²) in [4.78, 5) is 0. The number of benzene rings is 1. The van der Waals surface area contributed by atoms with E-state index in [-0.39, 0.29) is 6.10 Å². The summed E-state index contributed by atoms with van der Waals surface area (Å²) in [6.45, 7) is 10.7. The van der Waals surface area contributed by atoms with Gasteiger partial charge in [0.2, 0.25) is 0 Å². The van der Waals surface area contributed by atoms with Gasteiger partial charge in [0.05, 0.1) is 13.2 Å². The lowest BCUT2D eigenvalue weighted by molar-refractivity contribution is 0.103. The largest absolute Gasteiger partial charge is 0.497 e. The number of allylic oxidation sites excluding steroid dienone is 6. The fraction of sp³-hybridized carbons (Fsp3) is 0.440. The molecule has 0 aliphatic carbocycles. The summed E-state index contributed by atoms with van der Waals surface area (Å²) in [5, 5.41) is 0. The Bertz CT molecular complexity index is 692. The van der Waals surface area contributed by atoms with Crippen LogP contribution in [0.2, 0.25) is 0 Å². The van der Waals surface area contributed by atoms with Crippen molar-refractivity contribution in [3.05, 3.63) is 76.9 Å². The van der Waals surface area contributed by atoms with E-state index in [1.54, 1.807) is 14.2 Å². The molecule has 2 nitrogen and oxygen atoms in total. The van der Waals surface area contributed by atoms with Gasteiger partial charge in [0, 0.05) is 13.0 Å². The van der Waals surface area contributed by atoms with Crippen LogP contribution in [0.5, 0.6) is 5.75 Å². The highest BCUT2D eigenvalue weighted by atomic mass is 16.5. The summed E-state index contributed by atoms with van der Waals surface area (Å²) in [5.74, 6) is 1.26. The van der Waals surface area contributed by atoms with Crippen molar-refractivity contribution < 1.29 is 9.47 Å². The molecule has 2 atom stereocenters. The summed E-state index contributed by atoms with van der Waals surface area (Å²) >= 11 is 0. The van der Waals surface area contributed by atoms with E-state index in [0.29, 0.717) is 5.92 Å². The molecular formula is C25H36O2. The highest BCUT2D eigenvalue weighted by molar-refractivity contribution is 5.30. The van der Waals surface area contributed by atoms with Gasteiger partial charge in [0.15, 0.2) is 0 Å². The third-order valence-electron chi connectivity index (χ3n) is 4.80. The van der Waals surface area contributed by atoms with Gasteiger partial charge in [-0.2, -0.15) is 0 Å². The van der Waals surface area contributed by atoms with E-state index >= 15 is 0 Å². The number of hydrogen-bond donors (Lipinski definition) is 0. The SMILES string of the molecule is C/C=C(\C)C(OC)C(C)/C=C(C)/C=C/C/C(C)=C/Cc1cccc(OC)c1. The molecule has 0 aliphatic rings. The third-order valence-corrected chi connectivity index (χ3v) is 4.80. The Balaban J connectivity index is 2.60. The van der Waals surface area contributed by atoms with Gasteiger partial charge >= 0.3 is 0 Å². The van der Waals surface area contributed by atoms with E-state index < -0.39 is 0 Å². The Labute approximate surface area is 166 Å². The lowest BCUT2D eigenvalue weighted by Crippen LogP contribution is -2.20. The maximum atomic E-state index is 5.64. The number of ether oxygens (including phenoxy) is 2. The van der Waals surface area contributed by atoms with E-state index in [2.05, 4.69) is 77.1 Å². The fourth-order valence-corrected chi connectivity index (χ4v) is 3.14. The maximum Gasteiger partial charge on any atom is 0.119 e. The number of hydrogen-bond acceptors (Lipinski definition) is 2. The average molecular weight is 369 g/mol. The predicted molar refractivity (Wildman–Crippen MR) is 117 cm³/mol. The van der Waals surface area contributed by atoms with Crippen LogP contribution in [0.3, 0.4) is 0 Å². The van der Waals surface area contributed by atoms with E-state index in [9.17, 15) is 0 Å². The molecule has 2 unspecified atom stereocenters. The Kier molecular flexibility index (Phi) is 10.5. The first-order chi connectivity index (χ1) is 12.9. The van der Waals surface area contributed by atoms with Crippen LogP contribution in [0.4, 0.5) is 0 Å². The molecule has 0 spiro atoms. The molecule has 0 saturated heterocycles. The second-order valence-electron chi connectivity index (χ2n) is 7.17. The zero-order chi connectivity index (χ0) is 20.2. The van der Waals surface area contributed by atoms with Crippen LogP contribution in [0.15, 0.2) is 71.4 Å². The summed E-state index contributed by atoms with van der Waals surface area (Å²) in [6, 6.07) is 8.24. The average Bonchev–Trinajstić information content (AvgIpc) is 2.66. The summed E-state index contributed by atoms with van der Waals surface area (Å²) < 4.78 is 10.9. The molecule has 0 heterocycles. The molecule has 148 valence electrons. The van der Waals surface area contributed by atoms with Gasteiger partial charge in [-0.25, -0.2) is 0 Å². The lowest BCUT2D eigenvalue weighted by atomic mass is 9.95. The van der Waals surface area contributed by atoms with Gasteiger partial charge in [0.25, 0.3) is 0 Å². The van der Waals surface area contributed by atoms with Crippen LogP contribution < -0.4 is 4.74 Å². The molecule has 0 bridgehead atoms. The van der Waals surface area contributed by atoms with Crippen molar-refractivity contribution in [3.63, 3.8) is 0 Å². The molecule has 1 aromatic carbocycles. The first kappa shape index (κ1) is 23.0. The lowest BCUT2D eigenvalue weighted by Gasteiger charge is -2.21. The molecule has 2 heteroatoms. The molecule has 0 aliphatic heterocycles. The molecule has 0 N–H and O–H groups in total. The second-order valence-corrected chi connectivity index (χ2v) is 7.17. The van der Waals surface area contributed by atoms with Crippen molar-refractivity contribution >= 4 is 0 Å². The van der Waals surface area contributed by atoms with Gasteiger partial charge in [-0.05, 0) is 63.8 Å². The maximum absolute atomic E-state index is 5.64. The van der Waals surface area contributed by atoms with Gasteiger partial charge in [-0.15, -0.1) is 0 Å². The van der Waals surface area contributed by atoms with Crippen molar-refractivity contribution in [1.29, 1.82) is 0 Å². The van der Waals surface area contributed by atoms with E-state index in [1.165, 1.54) is 22.3 Å².